The normalized spacial score (nSPS) is 22.6. The van der Waals surface area contributed by atoms with Gasteiger partial charge in [-0.2, -0.15) is 0 Å². The molecule has 1 saturated heterocycles. The van der Waals surface area contributed by atoms with Crippen LogP contribution in [0.5, 0.6) is 0 Å². The lowest BCUT2D eigenvalue weighted by atomic mass is 9.94. The fourth-order valence-corrected chi connectivity index (χ4v) is 2.48. The smallest absolute Gasteiger partial charge is 0.135 e. The maximum absolute atomic E-state index is 5.60. The van der Waals surface area contributed by atoms with Gasteiger partial charge in [0.25, 0.3) is 0 Å². The highest BCUT2D eigenvalue weighted by molar-refractivity contribution is 5.58. The zero-order valence-corrected chi connectivity index (χ0v) is 13.0. The van der Waals surface area contributed by atoms with Crippen LogP contribution in [0.15, 0.2) is 0 Å². The third-order valence-corrected chi connectivity index (χ3v) is 3.66. The van der Waals surface area contributed by atoms with E-state index < -0.39 is 0 Å². The van der Waals surface area contributed by atoms with Crippen LogP contribution < -0.4 is 10.6 Å². The molecule has 0 bridgehead atoms. The number of nitrogens with zero attached hydrogens (tertiary/aromatic N) is 2. The van der Waals surface area contributed by atoms with Gasteiger partial charge in [-0.25, -0.2) is 9.97 Å². The van der Waals surface area contributed by atoms with Crippen molar-refractivity contribution in [3.05, 3.63) is 11.4 Å². The molecule has 2 N–H and O–H groups in total. The van der Waals surface area contributed by atoms with Gasteiger partial charge in [0, 0.05) is 18.7 Å². The van der Waals surface area contributed by atoms with E-state index in [-0.39, 0.29) is 5.54 Å². The van der Waals surface area contributed by atoms with Gasteiger partial charge >= 0.3 is 0 Å². The van der Waals surface area contributed by atoms with E-state index in [1.54, 1.807) is 0 Å². The van der Waals surface area contributed by atoms with Crippen LogP contribution in [0.3, 0.4) is 0 Å². The average Bonchev–Trinajstić information content (AvgIpc) is 2.41. The summed E-state index contributed by atoms with van der Waals surface area (Å²) in [5, 5.41) is 6.94. The van der Waals surface area contributed by atoms with E-state index in [4.69, 9.17) is 4.74 Å². The topological polar surface area (TPSA) is 59.1 Å². The molecule has 1 aromatic heterocycles. The lowest BCUT2D eigenvalue weighted by molar-refractivity contribution is 0.0538. The Labute approximate surface area is 121 Å². The van der Waals surface area contributed by atoms with Crippen molar-refractivity contribution in [2.75, 3.05) is 30.4 Å². The van der Waals surface area contributed by atoms with Crippen LogP contribution in [0.25, 0.3) is 0 Å². The molecule has 0 amide bonds. The molecular formula is C15H26N4O. The van der Waals surface area contributed by atoms with Gasteiger partial charge in [-0.3, -0.25) is 0 Å². The van der Waals surface area contributed by atoms with Crippen LogP contribution in [-0.2, 0) is 4.74 Å². The van der Waals surface area contributed by atoms with Gasteiger partial charge in [-0.15, -0.1) is 0 Å². The molecule has 2 rings (SSSR count). The Kier molecular flexibility index (Phi) is 4.81. The molecule has 1 unspecified atom stereocenters. The summed E-state index contributed by atoms with van der Waals surface area (Å²) in [6.45, 7) is 10.9. The monoisotopic (exact) mass is 278 g/mol. The first-order valence-corrected chi connectivity index (χ1v) is 7.49. The molecule has 0 aromatic carbocycles. The molecule has 1 aromatic rings. The second kappa shape index (κ2) is 6.39. The zero-order valence-electron chi connectivity index (χ0n) is 13.0. The van der Waals surface area contributed by atoms with Crippen molar-refractivity contribution in [3.63, 3.8) is 0 Å². The molecule has 1 aliphatic heterocycles. The van der Waals surface area contributed by atoms with Crippen molar-refractivity contribution < 1.29 is 4.74 Å². The van der Waals surface area contributed by atoms with Crippen LogP contribution in [0.2, 0.25) is 0 Å². The van der Waals surface area contributed by atoms with Crippen LogP contribution in [0.4, 0.5) is 11.6 Å². The summed E-state index contributed by atoms with van der Waals surface area (Å²) in [6.07, 6.45) is 3.28. The summed E-state index contributed by atoms with van der Waals surface area (Å²) in [4.78, 5) is 9.06. The number of aromatic nitrogens is 2. The van der Waals surface area contributed by atoms with Crippen molar-refractivity contribution in [2.45, 2.75) is 52.5 Å². The summed E-state index contributed by atoms with van der Waals surface area (Å²) < 4.78 is 5.60. The van der Waals surface area contributed by atoms with E-state index in [2.05, 4.69) is 41.4 Å². The minimum Gasteiger partial charge on any atom is -0.379 e. The molecule has 0 radical (unpaired) electrons. The summed E-state index contributed by atoms with van der Waals surface area (Å²) in [5.74, 6) is 2.64. The first kappa shape index (κ1) is 15.0. The number of nitrogens with one attached hydrogen (secondary N) is 2. The maximum atomic E-state index is 5.60. The number of anilines is 2. The maximum Gasteiger partial charge on any atom is 0.135 e. The first-order chi connectivity index (χ1) is 9.54. The lowest BCUT2D eigenvalue weighted by Crippen LogP contribution is -2.43. The third-order valence-electron chi connectivity index (χ3n) is 3.66. The van der Waals surface area contributed by atoms with Crippen molar-refractivity contribution in [2.24, 2.45) is 0 Å². The number of aryl methyl sites for hydroxylation is 1. The Morgan fingerprint density at radius 2 is 2.00 bits per heavy atom. The van der Waals surface area contributed by atoms with E-state index >= 15 is 0 Å². The molecule has 1 fully saturated rings. The van der Waals surface area contributed by atoms with Gasteiger partial charge in [-0.05, 0) is 40.0 Å². The number of hydrogen-bond acceptors (Lipinski definition) is 5. The Bertz CT molecular complexity index is 455. The van der Waals surface area contributed by atoms with Crippen LogP contribution in [0.1, 0.15) is 44.5 Å². The van der Waals surface area contributed by atoms with E-state index in [1.807, 2.05) is 6.92 Å². The molecule has 5 nitrogen and oxygen atoms in total. The standard InChI is InChI=1S/C15H26N4O/c1-5-8-16-13-11(2)14(18-12(3)17-13)19-15(4)7-6-9-20-10-15/h5-10H2,1-4H3,(H2,16,17,18,19). The van der Waals surface area contributed by atoms with E-state index in [0.717, 1.165) is 62.0 Å². The van der Waals surface area contributed by atoms with E-state index in [0.29, 0.717) is 0 Å². The fraction of sp³-hybridized carbons (Fsp3) is 0.733. The summed E-state index contributed by atoms with van der Waals surface area (Å²) >= 11 is 0. The molecule has 0 aliphatic carbocycles. The highest BCUT2D eigenvalue weighted by Gasteiger charge is 2.28. The highest BCUT2D eigenvalue weighted by Crippen LogP contribution is 2.27. The van der Waals surface area contributed by atoms with Crippen LogP contribution >= 0.6 is 0 Å². The zero-order chi connectivity index (χ0) is 14.6. The quantitative estimate of drug-likeness (QED) is 0.867. The number of rotatable bonds is 5. The van der Waals surface area contributed by atoms with Crippen molar-refractivity contribution in [1.82, 2.24) is 9.97 Å². The molecule has 0 spiro atoms. The molecule has 2 heterocycles. The van der Waals surface area contributed by atoms with E-state index in [9.17, 15) is 0 Å². The predicted octanol–water partition coefficient (Wildman–Crippen LogP) is 2.90. The SMILES string of the molecule is CCCNc1nc(C)nc(NC2(C)CCCOC2)c1C. The first-order valence-electron chi connectivity index (χ1n) is 7.49. The second-order valence-corrected chi connectivity index (χ2v) is 5.86. The lowest BCUT2D eigenvalue weighted by Gasteiger charge is -2.35. The molecule has 1 atom stereocenters. The molecule has 112 valence electrons. The van der Waals surface area contributed by atoms with Crippen molar-refractivity contribution in [1.29, 1.82) is 0 Å². The Balaban J connectivity index is 2.20. The minimum absolute atomic E-state index is 0.0359. The summed E-state index contributed by atoms with van der Waals surface area (Å²) in [5.41, 5.74) is 1.04. The fourth-order valence-electron chi connectivity index (χ4n) is 2.48. The molecule has 20 heavy (non-hydrogen) atoms. The van der Waals surface area contributed by atoms with Crippen LogP contribution in [0, 0.1) is 13.8 Å². The van der Waals surface area contributed by atoms with Crippen molar-refractivity contribution >= 4 is 11.6 Å². The average molecular weight is 278 g/mol. The highest BCUT2D eigenvalue weighted by atomic mass is 16.5. The molecule has 0 saturated carbocycles. The predicted molar refractivity (Wildman–Crippen MR) is 82.4 cm³/mol. The summed E-state index contributed by atoms with van der Waals surface area (Å²) in [7, 11) is 0. The van der Waals surface area contributed by atoms with Crippen molar-refractivity contribution in [3.8, 4) is 0 Å². The second-order valence-electron chi connectivity index (χ2n) is 5.86. The number of ether oxygens (including phenoxy) is 1. The third kappa shape index (κ3) is 3.60. The van der Waals surface area contributed by atoms with Gasteiger partial charge in [0.15, 0.2) is 0 Å². The van der Waals surface area contributed by atoms with Gasteiger partial charge in [0.05, 0.1) is 12.1 Å². The number of hydrogen-bond donors (Lipinski definition) is 2. The Morgan fingerprint density at radius 3 is 2.65 bits per heavy atom. The minimum atomic E-state index is -0.0359. The molecule has 5 heteroatoms. The Hall–Kier alpha value is -1.36. The van der Waals surface area contributed by atoms with Gasteiger partial charge < -0.3 is 15.4 Å². The van der Waals surface area contributed by atoms with E-state index in [1.165, 1.54) is 0 Å². The molecular weight excluding hydrogens is 252 g/mol. The largest absolute Gasteiger partial charge is 0.379 e. The van der Waals surface area contributed by atoms with Crippen LogP contribution in [-0.4, -0.2) is 35.3 Å². The molecule has 1 aliphatic rings. The van der Waals surface area contributed by atoms with Gasteiger partial charge in [-0.1, -0.05) is 6.92 Å². The van der Waals surface area contributed by atoms with Gasteiger partial charge in [0.1, 0.15) is 17.5 Å². The summed E-state index contributed by atoms with van der Waals surface area (Å²) in [6, 6.07) is 0. The van der Waals surface area contributed by atoms with Gasteiger partial charge in [0.2, 0.25) is 0 Å². The Morgan fingerprint density at radius 1 is 1.25 bits per heavy atom.